The van der Waals surface area contributed by atoms with Crippen LogP contribution in [0.4, 0.5) is 11.5 Å². The summed E-state index contributed by atoms with van der Waals surface area (Å²) in [6, 6.07) is 10.8. The molecule has 0 unspecified atom stereocenters. The van der Waals surface area contributed by atoms with Gasteiger partial charge in [0.25, 0.3) is 17.7 Å². The Hall–Kier alpha value is -4.14. The molecule has 0 radical (unpaired) electrons. The number of anilines is 2. The third kappa shape index (κ3) is 3.16. The first-order valence-corrected chi connectivity index (χ1v) is 8.92. The Bertz CT molecular complexity index is 1180. The predicted octanol–water partition coefficient (Wildman–Crippen LogP) is 3.05. The van der Waals surface area contributed by atoms with Crippen LogP contribution in [-0.2, 0) is 0 Å². The molecule has 1 aliphatic rings. The predicted molar refractivity (Wildman–Crippen MR) is 106 cm³/mol. The summed E-state index contributed by atoms with van der Waals surface area (Å²) in [7, 11) is 3.00. The second-order valence-corrected chi connectivity index (χ2v) is 6.52. The van der Waals surface area contributed by atoms with E-state index in [1.54, 1.807) is 25.1 Å². The maximum absolute atomic E-state index is 12.8. The van der Waals surface area contributed by atoms with Crippen LogP contribution in [0.5, 0.6) is 11.5 Å². The molecule has 0 atom stereocenters. The number of benzene rings is 2. The number of aromatic nitrogens is 1. The van der Waals surface area contributed by atoms with Gasteiger partial charge in [0.1, 0.15) is 17.3 Å². The van der Waals surface area contributed by atoms with E-state index in [0.29, 0.717) is 22.9 Å². The van der Waals surface area contributed by atoms with Gasteiger partial charge in [-0.25, -0.2) is 4.90 Å². The van der Waals surface area contributed by atoms with Crippen LogP contribution in [0.3, 0.4) is 0 Å². The molecular formula is C21H17N3O6. The number of hydrogen-bond acceptors (Lipinski definition) is 7. The van der Waals surface area contributed by atoms with E-state index in [2.05, 4.69) is 10.5 Å². The Labute approximate surface area is 171 Å². The fraction of sp³-hybridized carbons (Fsp3) is 0.143. The first kappa shape index (κ1) is 19.2. The number of fused-ring (bicyclic) bond motifs is 1. The van der Waals surface area contributed by atoms with Crippen LogP contribution in [0.25, 0.3) is 0 Å². The Morgan fingerprint density at radius 3 is 2.43 bits per heavy atom. The van der Waals surface area contributed by atoms with Crippen LogP contribution < -0.4 is 19.7 Å². The number of carbonyl (C=O) groups is 3. The highest BCUT2D eigenvalue weighted by atomic mass is 16.5. The fourth-order valence-corrected chi connectivity index (χ4v) is 3.15. The lowest BCUT2D eigenvalue weighted by Crippen LogP contribution is -2.29. The molecule has 1 aromatic heterocycles. The third-order valence-corrected chi connectivity index (χ3v) is 4.65. The topological polar surface area (TPSA) is 111 Å². The quantitative estimate of drug-likeness (QED) is 0.647. The van der Waals surface area contributed by atoms with Gasteiger partial charge in [0.15, 0.2) is 5.82 Å². The molecule has 152 valence electrons. The largest absolute Gasteiger partial charge is 0.497 e. The van der Waals surface area contributed by atoms with Gasteiger partial charge in [-0.2, -0.15) is 0 Å². The molecule has 0 spiro atoms. The van der Waals surface area contributed by atoms with E-state index < -0.39 is 17.7 Å². The Kier molecular flexibility index (Phi) is 4.71. The minimum absolute atomic E-state index is 0.104. The van der Waals surface area contributed by atoms with Crippen molar-refractivity contribution < 1.29 is 28.4 Å². The molecule has 0 aliphatic carbocycles. The SMILES string of the molecule is COc1ccc(NC(=O)c2ccc3c(c2)C(=O)N(c2cc(C)on2)C3=O)c(OC)c1. The van der Waals surface area contributed by atoms with Crippen LogP contribution in [0.2, 0.25) is 0 Å². The Morgan fingerprint density at radius 1 is 1.00 bits per heavy atom. The summed E-state index contributed by atoms with van der Waals surface area (Å²) in [5.74, 6) is 0.0180. The van der Waals surface area contributed by atoms with Gasteiger partial charge in [-0.15, -0.1) is 0 Å². The van der Waals surface area contributed by atoms with E-state index in [9.17, 15) is 14.4 Å². The molecule has 3 amide bonds. The summed E-state index contributed by atoms with van der Waals surface area (Å²) < 4.78 is 15.4. The maximum atomic E-state index is 12.8. The number of carbonyl (C=O) groups excluding carboxylic acids is 3. The van der Waals surface area contributed by atoms with Crippen LogP contribution >= 0.6 is 0 Å². The standard InChI is InChI=1S/C21H17N3O6/c1-11-8-18(23-30-11)24-20(26)14-6-4-12(9-15(14)21(24)27)19(25)22-16-7-5-13(28-2)10-17(16)29-3/h4-10H,1-3H3,(H,22,25). The zero-order chi connectivity index (χ0) is 21.4. The van der Waals surface area contributed by atoms with Gasteiger partial charge in [0.2, 0.25) is 0 Å². The summed E-state index contributed by atoms with van der Waals surface area (Å²) in [5.41, 5.74) is 0.964. The molecule has 3 aromatic rings. The van der Waals surface area contributed by atoms with Crippen molar-refractivity contribution in [1.29, 1.82) is 0 Å². The number of imide groups is 1. The molecule has 1 aliphatic heterocycles. The Morgan fingerprint density at radius 2 is 1.77 bits per heavy atom. The molecule has 9 heteroatoms. The minimum Gasteiger partial charge on any atom is -0.497 e. The lowest BCUT2D eigenvalue weighted by molar-refractivity contribution is 0.0923. The van der Waals surface area contributed by atoms with Crippen LogP contribution in [-0.4, -0.2) is 37.1 Å². The third-order valence-electron chi connectivity index (χ3n) is 4.65. The van der Waals surface area contributed by atoms with Crippen molar-refractivity contribution in [3.05, 3.63) is 64.9 Å². The van der Waals surface area contributed by atoms with Crippen molar-refractivity contribution in [3.8, 4) is 11.5 Å². The van der Waals surface area contributed by atoms with Crippen molar-refractivity contribution in [2.75, 3.05) is 24.4 Å². The molecular weight excluding hydrogens is 390 g/mol. The number of nitrogens with one attached hydrogen (secondary N) is 1. The molecule has 9 nitrogen and oxygen atoms in total. The molecule has 4 rings (SSSR count). The highest BCUT2D eigenvalue weighted by Gasteiger charge is 2.38. The maximum Gasteiger partial charge on any atom is 0.267 e. The average molecular weight is 407 g/mol. The average Bonchev–Trinajstić information content (AvgIpc) is 3.28. The van der Waals surface area contributed by atoms with Gasteiger partial charge in [-0.1, -0.05) is 5.16 Å². The number of aryl methyl sites for hydroxylation is 1. The number of ether oxygens (including phenoxy) is 2. The summed E-state index contributed by atoms with van der Waals surface area (Å²) in [4.78, 5) is 39.1. The lowest BCUT2D eigenvalue weighted by Gasteiger charge is -2.12. The molecule has 2 aromatic carbocycles. The molecule has 30 heavy (non-hydrogen) atoms. The number of rotatable bonds is 5. The first-order chi connectivity index (χ1) is 14.4. The molecule has 1 N–H and O–H groups in total. The summed E-state index contributed by atoms with van der Waals surface area (Å²) in [5, 5.41) is 6.47. The zero-order valence-electron chi connectivity index (χ0n) is 16.4. The monoisotopic (exact) mass is 407 g/mol. The second kappa shape index (κ2) is 7.36. The van der Waals surface area contributed by atoms with Crippen LogP contribution in [0.15, 0.2) is 47.0 Å². The van der Waals surface area contributed by atoms with Gasteiger partial charge in [0, 0.05) is 17.7 Å². The lowest BCUT2D eigenvalue weighted by atomic mass is 10.1. The van der Waals surface area contributed by atoms with Gasteiger partial charge in [-0.05, 0) is 37.3 Å². The van der Waals surface area contributed by atoms with Crippen LogP contribution in [0.1, 0.15) is 36.8 Å². The first-order valence-electron chi connectivity index (χ1n) is 8.92. The van der Waals surface area contributed by atoms with Gasteiger partial charge in [-0.3, -0.25) is 14.4 Å². The van der Waals surface area contributed by atoms with E-state index in [1.165, 1.54) is 38.5 Å². The van der Waals surface area contributed by atoms with E-state index in [0.717, 1.165) is 4.90 Å². The van der Waals surface area contributed by atoms with Crippen molar-refractivity contribution in [2.45, 2.75) is 6.92 Å². The minimum atomic E-state index is -0.569. The van der Waals surface area contributed by atoms with E-state index in [-0.39, 0.29) is 22.5 Å². The van der Waals surface area contributed by atoms with Gasteiger partial charge < -0.3 is 19.3 Å². The second-order valence-electron chi connectivity index (χ2n) is 6.52. The Balaban J connectivity index is 1.62. The van der Waals surface area contributed by atoms with Gasteiger partial charge in [0.05, 0.1) is 31.0 Å². The highest BCUT2D eigenvalue weighted by molar-refractivity contribution is 6.34. The van der Waals surface area contributed by atoms with Crippen molar-refractivity contribution in [2.24, 2.45) is 0 Å². The summed E-state index contributed by atoms with van der Waals surface area (Å²) in [6.45, 7) is 1.66. The van der Waals surface area contributed by atoms with Crippen molar-refractivity contribution >= 4 is 29.2 Å². The van der Waals surface area contributed by atoms with E-state index in [4.69, 9.17) is 14.0 Å². The van der Waals surface area contributed by atoms with Gasteiger partial charge >= 0.3 is 0 Å². The number of hydrogen-bond donors (Lipinski definition) is 1. The molecule has 0 bridgehead atoms. The molecule has 2 heterocycles. The molecule has 0 fully saturated rings. The number of amides is 3. The van der Waals surface area contributed by atoms with Crippen molar-refractivity contribution in [1.82, 2.24) is 5.16 Å². The van der Waals surface area contributed by atoms with E-state index >= 15 is 0 Å². The van der Waals surface area contributed by atoms with Crippen molar-refractivity contribution in [3.63, 3.8) is 0 Å². The van der Waals surface area contributed by atoms with E-state index in [1.807, 2.05) is 0 Å². The summed E-state index contributed by atoms with van der Waals surface area (Å²) >= 11 is 0. The highest BCUT2D eigenvalue weighted by Crippen LogP contribution is 2.31. The number of nitrogens with zero attached hydrogens (tertiary/aromatic N) is 2. The van der Waals surface area contributed by atoms with Crippen LogP contribution in [0, 0.1) is 6.92 Å². The molecule has 0 saturated heterocycles. The number of methoxy groups -OCH3 is 2. The summed E-state index contributed by atoms with van der Waals surface area (Å²) in [6.07, 6.45) is 0. The molecule has 0 saturated carbocycles. The zero-order valence-corrected chi connectivity index (χ0v) is 16.4. The fourth-order valence-electron chi connectivity index (χ4n) is 3.15. The normalized spacial score (nSPS) is 12.7. The smallest absolute Gasteiger partial charge is 0.267 e.